The third-order valence-corrected chi connectivity index (χ3v) is 3.42. The Morgan fingerprint density at radius 1 is 1.17 bits per heavy atom. The SMILES string of the molecule is CCC(=O)Nc1ccc(NC(=O)NC[C@H](C)Cn2cccn2)cc1. The summed E-state index contributed by atoms with van der Waals surface area (Å²) in [6.07, 6.45) is 4.06. The normalized spacial score (nSPS) is 11.6. The molecule has 0 spiro atoms. The molecule has 24 heavy (non-hydrogen) atoms. The molecule has 0 saturated carbocycles. The summed E-state index contributed by atoms with van der Waals surface area (Å²) >= 11 is 0. The summed E-state index contributed by atoms with van der Waals surface area (Å²) in [6, 6.07) is 8.62. The first kappa shape index (κ1) is 17.5. The van der Waals surface area contributed by atoms with Crippen molar-refractivity contribution in [3.63, 3.8) is 0 Å². The molecular weight excluding hydrogens is 306 g/mol. The van der Waals surface area contributed by atoms with Crippen molar-refractivity contribution in [2.24, 2.45) is 5.92 Å². The van der Waals surface area contributed by atoms with E-state index < -0.39 is 0 Å². The summed E-state index contributed by atoms with van der Waals surface area (Å²) in [5, 5.41) is 12.5. The van der Waals surface area contributed by atoms with E-state index in [1.165, 1.54) is 0 Å². The van der Waals surface area contributed by atoms with Gasteiger partial charge >= 0.3 is 6.03 Å². The largest absolute Gasteiger partial charge is 0.338 e. The van der Waals surface area contributed by atoms with Crippen LogP contribution in [0, 0.1) is 5.92 Å². The summed E-state index contributed by atoms with van der Waals surface area (Å²) in [6.45, 7) is 5.14. The maximum atomic E-state index is 11.9. The zero-order chi connectivity index (χ0) is 17.4. The number of carbonyl (C=O) groups is 2. The molecule has 7 nitrogen and oxygen atoms in total. The van der Waals surface area contributed by atoms with Gasteiger partial charge in [0.05, 0.1) is 0 Å². The van der Waals surface area contributed by atoms with Crippen LogP contribution in [0.1, 0.15) is 20.3 Å². The Balaban J connectivity index is 1.74. The van der Waals surface area contributed by atoms with E-state index in [0.717, 1.165) is 6.54 Å². The van der Waals surface area contributed by atoms with Crippen molar-refractivity contribution in [2.45, 2.75) is 26.8 Å². The number of rotatable bonds is 7. The molecular formula is C17H23N5O2. The molecule has 0 unspecified atom stereocenters. The van der Waals surface area contributed by atoms with Crippen LogP contribution in [0.15, 0.2) is 42.7 Å². The van der Waals surface area contributed by atoms with E-state index >= 15 is 0 Å². The number of urea groups is 1. The summed E-state index contributed by atoms with van der Waals surface area (Å²) < 4.78 is 1.84. The van der Waals surface area contributed by atoms with E-state index in [-0.39, 0.29) is 17.9 Å². The molecule has 1 aromatic heterocycles. The van der Waals surface area contributed by atoms with Crippen LogP contribution < -0.4 is 16.0 Å². The van der Waals surface area contributed by atoms with Gasteiger partial charge in [0.2, 0.25) is 5.91 Å². The molecule has 3 amide bonds. The molecule has 1 aromatic carbocycles. The summed E-state index contributed by atoms with van der Waals surface area (Å²) in [4.78, 5) is 23.2. The lowest BCUT2D eigenvalue weighted by atomic mass is 10.2. The quantitative estimate of drug-likeness (QED) is 0.730. The number of anilines is 2. The van der Waals surface area contributed by atoms with Crippen molar-refractivity contribution in [3.8, 4) is 0 Å². The highest BCUT2D eigenvalue weighted by molar-refractivity contribution is 5.92. The summed E-state index contributed by atoms with van der Waals surface area (Å²) in [5.41, 5.74) is 1.38. The van der Waals surface area contributed by atoms with Crippen LogP contribution in [0.5, 0.6) is 0 Å². The number of hydrogen-bond acceptors (Lipinski definition) is 3. The number of aromatic nitrogens is 2. The number of nitrogens with one attached hydrogen (secondary N) is 3. The van der Waals surface area contributed by atoms with E-state index in [2.05, 4.69) is 21.0 Å². The molecule has 7 heteroatoms. The smallest absolute Gasteiger partial charge is 0.319 e. The lowest BCUT2D eigenvalue weighted by molar-refractivity contribution is -0.115. The van der Waals surface area contributed by atoms with Crippen LogP contribution in [-0.2, 0) is 11.3 Å². The third-order valence-electron chi connectivity index (χ3n) is 3.42. The fourth-order valence-corrected chi connectivity index (χ4v) is 2.12. The molecule has 2 rings (SSSR count). The molecule has 0 radical (unpaired) electrons. The monoisotopic (exact) mass is 329 g/mol. The van der Waals surface area contributed by atoms with Gasteiger partial charge in [-0.2, -0.15) is 5.10 Å². The first-order valence-corrected chi connectivity index (χ1v) is 7.99. The molecule has 1 heterocycles. The molecule has 0 aliphatic rings. The molecule has 3 N–H and O–H groups in total. The van der Waals surface area contributed by atoms with Crippen LogP contribution in [0.4, 0.5) is 16.2 Å². The van der Waals surface area contributed by atoms with Gasteiger partial charge in [-0.25, -0.2) is 4.79 Å². The highest BCUT2D eigenvalue weighted by Crippen LogP contribution is 2.13. The maximum Gasteiger partial charge on any atom is 0.319 e. The number of nitrogens with zero attached hydrogens (tertiary/aromatic N) is 2. The number of amides is 3. The maximum absolute atomic E-state index is 11.9. The minimum Gasteiger partial charge on any atom is -0.338 e. The van der Waals surface area contributed by atoms with Crippen LogP contribution in [0.3, 0.4) is 0 Å². The Bertz CT molecular complexity index is 652. The minimum atomic E-state index is -0.257. The minimum absolute atomic E-state index is 0.0420. The Kier molecular flexibility index (Phi) is 6.36. The van der Waals surface area contributed by atoms with Gasteiger partial charge in [0, 0.05) is 43.3 Å². The van der Waals surface area contributed by atoms with Crippen molar-refractivity contribution in [2.75, 3.05) is 17.2 Å². The highest BCUT2D eigenvalue weighted by atomic mass is 16.2. The van der Waals surface area contributed by atoms with Crippen molar-refractivity contribution in [1.29, 1.82) is 0 Å². The van der Waals surface area contributed by atoms with E-state index in [1.54, 1.807) is 37.4 Å². The fourth-order valence-electron chi connectivity index (χ4n) is 2.12. The first-order valence-electron chi connectivity index (χ1n) is 7.99. The summed E-state index contributed by atoms with van der Waals surface area (Å²) in [7, 11) is 0. The van der Waals surface area contributed by atoms with Crippen LogP contribution in [0.25, 0.3) is 0 Å². The lowest BCUT2D eigenvalue weighted by Crippen LogP contribution is -2.33. The summed E-state index contributed by atoms with van der Waals surface area (Å²) in [5.74, 6) is 0.224. The van der Waals surface area contributed by atoms with Crippen LogP contribution >= 0.6 is 0 Å². The zero-order valence-corrected chi connectivity index (χ0v) is 14.0. The standard InChI is InChI=1S/C17H23N5O2/c1-3-16(23)20-14-5-7-15(8-6-14)21-17(24)18-11-13(2)12-22-10-4-9-19-22/h4-10,13H,3,11-12H2,1-2H3,(H,20,23)(H2,18,21,24)/t13-/m0/s1. The number of hydrogen-bond donors (Lipinski definition) is 3. The average Bonchev–Trinajstić information content (AvgIpc) is 3.07. The van der Waals surface area contributed by atoms with Gasteiger partial charge in [0.25, 0.3) is 0 Å². The topological polar surface area (TPSA) is 88.0 Å². The predicted octanol–water partition coefficient (Wildman–Crippen LogP) is 2.69. The van der Waals surface area contributed by atoms with Crippen LogP contribution in [0.2, 0.25) is 0 Å². The second kappa shape index (κ2) is 8.71. The number of benzene rings is 1. The van der Waals surface area contributed by atoms with Crippen molar-refractivity contribution >= 4 is 23.3 Å². The molecule has 0 aliphatic heterocycles. The van der Waals surface area contributed by atoms with Crippen LogP contribution in [-0.4, -0.2) is 28.3 Å². The van der Waals surface area contributed by atoms with Crippen molar-refractivity contribution in [1.82, 2.24) is 15.1 Å². The van der Waals surface area contributed by atoms with Crippen molar-refractivity contribution in [3.05, 3.63) is 42.7 Å². The first-order chi connectivity index (χ1) is 11.6. The second-order valence-electron chi connectivity index (χ2n) is 5.65. The van der Waals surface area contributed by atoms with Gasteiger partial charge < -0.3 is 16.0 Å². The highest BCUT2D eigenvalue weighted by Gasteiger charge is 2.07. The third kappa shape index (κ3) is 5.75. The Morgan fingerprint density at radius 3 is 2.42 bits per heavy atom. The average molecular weight is 329 g/mol. The van der Waals surface area contributed by atoms with Gasteiger partial charge in [0.15, 0.2) is 0 Å². The molecule has 0 bridgehead atoms. The zero-order valence-electron chi connectivity index (χ0n) is 14.0. The van der Waals surface area contributed by atoms with Gasteiger partial charge in [-0.15, -0.1) is 0 Å². The lowest BCUT2D eigenvalue weighted by Gasteiger charge is -2.13. The molecule has 0 saturated heterocycles. The molecule has 0 aliphatic carbocycles. The predicted molar refractivity (Wildman–Crippen MR) is 93.8 cm³/mol. The van der Waals surface area contributed by atoms with E-state index in [9.17, 15) is 9.59 Å². The molecule has 128 valence electrons. The van der Waals surface area contributed by atoms with Gasteiger partial charge in [0.1, 0.15) is 0 Å². The number of carbonyl (C=O) groups excluding carboxylic acids is 2. The molecule has 0 fully saturated rings. The Morgan fingerprint density at radius 2 is 1.83 bits per heavy atom. The molecule has 2 aromatic rings. The van der Waals surface area contributed by atoms with Gasteiger partial charge in [-0.1, -0.05) is 13.8 Å². The molecule has 1 atom stereocenters. The van der Waals surface area contributed by atoms with Crippen molar-refractivity contribution < 1.29 is 9.59 Å². The van der Waals surface area contributed by atoms with E-state index in [1.807, 2.05) is 23.9 Å². The van der Waals surface area contributed by atoms with E-state index in [4.69, 9.17) is 0 Å². The fraction of sp³-hybridized carbons (Fsp3) is 0.353. The second-order valence-corrected chi connectivity index (χ2v) is 5.65. The van der Waals surface area contributed by atoms with Gasteiger partial charge in [-0.05, 0) is 36.2 Å². The van der Waals surface area contributed by atoms with Gasteiger partial charge in [-0.3, -0.25) is 9.48 Å². The Labute approximate surface area is 141 Å². The van der Waals surface area contributed by atoms with E-state index in [0.29, 0.717) is 24.3 Å². The Hall–Kier alpha value is -2.83.